The molecule has 3 N–H and O–H groups in total. The van der Waals surface area contributed by atoms with Crippen molar-refractivity contribution in [1.82, 2.24) is 10.2 Å². The third-order valence-corrected chi connectivity index (χ3v) is 4.63. The number of hydrogen-bond acceptors (Lipinski definition) is 5. The molecule has 0 bridgehead atoms. The van der Waals surface area contributed by atoms with Gasteiger partial charge in [0.05, 0.1) is 0 Å². The molecule has 8 heteroatoms. The van der Waals surface area contributed by atoms with E-state index in [9.17, 15) is 19.2 Å². The Balaban J connectivity index is 2.94. The molecule has 1 heterocycles. The second-order valence-electron chi connectivity index (χ2n) is 8.61. The van der Waals surface area contributed by atoms with Gasteiger partial charge in [0.1, 0.15) is 0 Å². The Morgan fingerprint density at radius 1 is 0.815 bits per heavy atom. The number of imide groups is 1. The van der Waals surface area contributed by atoms with Gasteiger partial charge in [-0.2, -0.15) is 0 Å². The van der Waals surface area contributed by atoms with Gasteiger partial charge in [-0.3, -0.25) is 24.1 Å². The lowest BCUT2D eigenvalue weighted by Crippen LogP contribution is -2.63. The van der Waals surface area contributed by atoms with Gasteiger partial charge >= 0.3 is 11.9 Å². The van der Waals surface area contributed by atoms with Crippen molar-refractivity contribution in [3.63, 3.8) is 0 Å². The van der Waals surface area contributed by atoms with Crippen LogP contribution in [0.15, 0.2) is 0 Å². The summed E-state index contributed by atoms with van der Waals surface area (Å²) in [5, 5.41) is 21.1. The molecule has 27 heavy (non-hydrogen) atoms. The Kier molecular flexibility index (Phi) is 7.95. The summed E-state index contributed by atoms with van der Waals surface area (Å²) in [5.41, 5.74) is -0.541. The van der Waals surface area contributed by atoms with Crippen molar-refractivity contribution in [3.8, 4) is 0 Å². The van der Waals surface area contributed by atoms with E-state index in [-0.39, 0.29) is 67.5 Å². The fourth-order valence-corrected chi connectivity index (χ4v) is 4.02. The summed E-state index contributed by atoms with van der Waals surface area (Å²) in [6, 6.07) is -0.300. The zero-order valence-electron chi connectivity index (χ0n) is 16.7. The highest BCUT2D eigenvalue weighted by molar-refractivity contribution is 5.96. The predicted molar refractivity (Wildman–Crippen MR) is 99.1 cm³/mol. The van der Waals surface area contributed by atoms with E-state index < -0.39 is 11.9 Å². The third-order valence-electron chi connectivity index (χ3n) is 4.63. The number of aliphatic carboxylic acids is 2. The molecule has 0 spiro atoms. The smallest absolute Gasteiger partial charge is 0.303 e. The highest BCUT2D eigenvalue weighted by Crippen LogP contribution is 2.32. The van der Waals surface area contributed by atoms with E-state index in [4.69, 9.17) is 10.2 Å². The third kappa shape index (κ3) is 8.07. The number of amides is 2. The maximum atomic E-state index is 12.8. The highest BCUT2D eigenvalue weighted by Gasteiger charge is 2.42. The van der Waals surface area contributed by atoms with E-state index in [0.29, 0.717) is 12.8 Å². The summed E-state index contributed by atoms with van der Waals surface area (Å²) in [4.78, 5) is 48.2. The summed E-state index contributed by atoms with van der Waals surface area (Å²) < 4.78 is 0. The second-order valence-corrected chi connectivity index (χ2v) is 8.61. The van der Waals surface area contributed by atoms with Crippen LogP contribution in [0.25, 0.3) is 0 Å². The Hall–Kier alpha value is -1.96. The maximum absolute atomic E-state index is 12.8. The van der Waals surface area contributed by atoms with E-state index in [1.807, 2.05) is 27.7 Å². The first-order chi connectivity index (χ1) is 12.3. The lowest BCUT2D eigenvalue weighted by Gasteiger charge is -2.49. The SMILES string of the molecule is CC1(C)CC(N(C(=O)CCCC(=O)O)C(=O)CCCC(=O)O)CC(C)(C)N1. The predicted octanol–water partition coefficient (Wildman–Crippen LogP) is 2.16. The lowest BCUT2D eigenvalue weighted by molar-refractivity contribution is -0.149. The molecule has 0 atom stereocenters. The van der Waals surface area contributed by atoms with Crippen LogP contribution in [0.2, 0.25) is 0 Å². The molecule has 0 aromatic rings. The van der Waals surface area contributed by atoms with Crippen LogP contribution in [0.5, 0.6) is 0 Å². The van der Waals surface area contributed by atoms with E-state index in [1.54, 1.807) is 0 Å². The summed E-state index contributed by atoms with van der Waals surface area (Å²) >= 11 is 0. The van der Waals surface area contributed by atoms with Crippen LogP contribution >= 0.6 is 0 Å². The maximum Gasteiger partial charge on any atom is 0.303 e. The molecule has 8 nitrogen and oxygen atoms in total. The molecule has 0 aliphatic carbocycles. The van der Waals surface area contributed by atoms with Crippen molar-refractivity contribution >= 4 is 23.8 Å². The molecule has 0 unspecified atom stereocenters. The van der Waals surface area contributed by atoms with Gasteiger partial charge in [0.2, 0.25) is 11.8 Å². The molecule has 1 saturated heterocycles. The van der Waals surface area contributed by atoms with Gasteiger partial charge < -0.3 is 15.5 Å². The topological polar surface area (TPSA) is 124 Å². The first-order valence-electron chi connectivity index (χ1n) is 9.41. The van der Waals surface area contributed by atoms with Gasteiger partial charge in [-0.05, 0) is 53.4 Å². The van der Waals surface area contributed by atoms with E-state index in [2.05, 4.69) is 5.32 Å². The fraction of sp³-hybridized carbons (Fsp3) is 0.789. The van der Waals surface area contributed by atoms with Crippen LogP contribution in [-0.2, 0) is 19.2 Å². The molecule has 0 aromatic heterocycles. The number of nitrogens with one attached hydrogen (secondary N) is 1. The number of hydrogen-bond donors (Lipinski definition) is 3. The number of nitrogens with zero attached hydrogens (tertiary/aromatic N) is 1. The quantitative estimate of drug-likeness (QED) is 0.556. The van der Waals surface area contributed by atoms with E-state index >= 15 is 0 Å². The molecule has 0 radical (unpaired) electrons. The average molecular weight is 384 g/mol. The molecular weight excluding hydrogens is 352 g/mol. The minimum atomic E-state index is -0.980. The van der Waals surface area contributed by atoms with Crippen molar-refractivity contribution in [3.05, 3.63) is 0 Å². The van der Waals surface area contributed by atoms with E-state index in [0.717, 1.165) is 0 Å². The molecule has 1 rings (SSSR count). The molecule has 1 fully saturated rings. The Labute approximate surface area is 160 Å². The van der Waals surface area contributed by atoms with Crippen molar-refractivity contribution in [2.24, 2.45) is 0 Å². The fourth-order valence-electron chi connectivity index (χ4n) is 4.02. The first-order valence-corrected chi connectivity index (χ1v) is 9.41. The van der Waals surface area contributed by atoms with Crippen LogP contribution in [0, 0.1) is 0 Å². The summed E-state index contributed by atoms with van der Waals surface area (Å²) in [6.07, 6.45) is 1.24. The Bertz CT molecular complexity index is 537. The van der Waals surface area contributed by atoms with Gasteiger partial charge in [-0.25, -0.2) is 0 Å². The Morgan fingerprint density at radius 2 is 1.19 bits per heavy atom. The average Bonchev–Trinajstić information content (AvgIpc) is 2.43. The van der Waals surface area contributed by atoms with Crippen molar-refractivity contribution < 1.29 is 29.4 Å². The minimum absolute atomic E-state index is 0.0121. The van der Waals surface area contributed by atoms with Crippen molar-refractivity contribution in [1.29, 1.82) is 0 Å². The number of rotatable bonds is 9. The van der Waals surface area contributed by atoms with Crippen LogP contribution in [0.3, 0.4) is 0 Å². The van der Waals surface area contributed by atoms with E-state index in [1.165, 1.54) is 4.90 Å². The van der Waals surface area contributed by atoms with Gasteiger partial charge in [0, 0.05) is 42.8 Å². The zero-order valence-corrected chi connectivity index (χ0v) is 16.7. The first kappa shape index (κ1) is 23.1. The van der Waals surface area contributed by atoms with Gasteiger partial charge in [-0.15, -0.1) is 0 Å². The number of carboxylic acid groups (broad SMARTS) is 2. The van der Waals surface area contributed by atoms with Crippen LogP contribution < -0.4 is 5.32 Å². The minimum Gasteiger partial charge on any atom is -0.481 e. The monoisotopic (exact) mass is 384 g/mol. The standard InChI is InChI=1S/C19H32N2O6/c1-18(2)11-13(12-19(3,4)20-18)21(14(22)7-5-9-16(24)25)15(23)8-6-10-17(26)27/h13,20H,5-12H2,1-4H3,(H,24,25)(H,26,27). The lowest BCUT2D eigenvalue weighted by atomic mass is 9.78. The largest absolute Gasteiger partial charge is 0.481 e. The number of carboxylic acids is 2. The molecule has 2 amide bonds. The second kappa shape index (κ2) is 9.30. The van der Waals surface area contributed by atoms with Gasteiger partial charge in [0.15, 0.2) is 0 Å². The summed E-state index contributed by atoms with van der Waals surface area (Å²) in [5.74, 6) is -2.72. The van der Waals surface area contributed by atoms with Gasteiger partial charge in [-0.1, -0.05) is 0 Å². The summed E-state index contributed by atoms with van der Waals surface area (Å²) in [6.45, 7) is 8.07. The number of piperidine rings is 1. The zero-order chi connectivity index (χ0) is 20.8. The molecule has 1 aliphatic heterocycles. The Morgan fingerprint density at radius 3 is 1.52 bits per heavy atom. The van der Waals surface area contributed by atoms with Crippen molar-refractivity contribution in [2.75, 3.05) is 0 Å². The molecule has 154 valence electrons. The molecule has 0 saturated carbocycles. The van der Waals surface area contributed by atoms with Gasteiger partial charge in [0.25, 0.3) is 0 Å². The highest BCUT2D eigenvalue weighted by atomic mass is 16.4. The van der Waals surface area contributed by atoms with Crippen LogP contribution in [-0.4, -0.2) is 56.0 Å². The normalized spacial score (nSPS) is 18.7. The van der Waals surface area contributed by atoms with Crippen LogP contribution in [0.4, 0.5) is 0 Å². The van der Waals surface area contributed by atoms with Crippen molar-refractivity contribution in [2.45, 2.75) is 96.2 Å². The number of carbonyl (C=O) groups excluding carboxylic acids is 2. The molecule has 1 aliphatic rings. The molecular formula is C19H32N2O6. The number of carbonyl (C=O) groups is 4. The van der Waals surface area contributed by atoms with Crippen LogP contribution in [0.1, 0.15) is 79.1 Å². The molecule has 0 aromatic carbocycles. The summed E-state index contributed by atoms with van der Waals surface area (Å²) in [7, 11) is 0.